The third-order valence-corrected chi connectivity index (χ3v) is 6.16. The zero-order chi connectivity index (χ0) is 16.9. The van der Waals surface area contributed by atoms with Crippen LogP contribution in [0.4, 0.5) is 0 Å². The van der Waals surface area contributed by atoms with Gasteiger partial charge >= 0.3 is 0 Å². The number of nitrogens with one attached hydrogen (secondary N) is 2. The lowest BCUT2D eigenvalue weighted by molar-refractivity contribution is -0.119. The molecule has 1 aromatic carbocycles. The highest BCUT2D eigenvalue weighted by atomic mass is 35.5. The van der Waals surface area contributed by atoms with Crippen LogP contribution in [0, 0.1) is 6.92 Å². The molecule has 0 atom stereocenters. The molecule has 5 nitrogen and oxygen atoms in total. The quantitative estimate of drug-likeness (QED) is 0.783. The summed E-state index contributed by atoms with van der Waals surface area (Å²) in [6, 6.07) is 10.6. The van der Waals surface area contributed by atoms with Crippen LogP contribution in [0.15, 0.2) is 40.6 Å². The summed E-state index contributed by atoms with van der Waals surface area (Å²) in [5.74, 6) is -0.371. The first-order valence-corrected chi connectivity index (χ1v) is 9.62. The fraction of sp³-hybridized carbons (Fsp3) is 0.267. The van der Waals surface area contributed by atoms with Gasteiger partial charge in [-0.05, 0) is 43.2 Å². The molecule has 1 amide bonds. The van der Waals surface area contributed by atoms with Crippen LogP contribution in [0.25, 0.3) is 0 Å². The van der Waals surface area contributed by atoms with Crippen LogP contribution in [0.2, 0.25) is 5.02 Å². The lowest BCUT2D eigenvalue weighted by Crippen LogP contribution is -2.37. The van der Waals surface area contributed by atoms with Crippen molar-refractivity contribution in [2.45, 2.75) is 17.6 Å². The van der Waals surface area contributed by atoms with E-state index in [1.54, 1.807) is 12.1 Å². The highest BCUT2D eigenvalue weighted by molar-refractivity contribution is 7.91. The normalized spacial score (nSPS) is 11.4. The van der Waals surface area contributed by atoms with Gasteiger partial charge in [0.15, 0.2) is 0 Å². The maximum absolute atomic E-state index is 12.0. The number of carbonyl (C=O) groups is 1. The van der Waals surface area contributed by atoms with Crippen molar-refractivity contribution in [3.63, 3.8) is 0 Å². The molecule has 2 rings (SSSR count). The summed E-state index contributed by atoms with van der Waals surface area (Å²) >= 11 is 7.05. The van der Waals surface area contributed by atoms with E-state index in [4.69, 9.17) is 11.6 Å². The number of sulfonamides is 1. The second-order valence-corrected chi connectivity index (χ2v) is 8.64. The topological polar surface area (TPSA) is 75.3 Å². The molecule has 1 heterocycles. The summed E-state index contributed by atoms with van der Waals surface area (Å²) in [4.78, 5) is 12.6. The van der Waals surface area contributed by atoms with Crippen molar-refractivity contribution in [2.24, 2.45) is 0 Å². The third kappa shape index (κ3) is 5.62. The predicted molar refractivity (Wildman–Crippen MR) is 92.4 cm³/mol. The van der Waals surface area contributed by atoms with E-state index in [2.05, 4.69) is 10.0 Å². The van der Waals surface area contributed by atoms with E-state index in [1.807, 2.05) is 25.1 Å². The van der Waals surface area contributed by atoms with Crippen molar-refractivity contribution < 1.29 is 13.2 Å². The molecule has 0 bridgehead atoms. The summed E-state index contributed by atoms with van der Waals surface area (Å²) in [7, 11) is -3.63. The number of thiophene rings is 1. The molecule has 0 saturated heterocycles. The Bertz CT molecular complexity index is 788. The Morgan fingerprint density at radius 3 is 2.70 bits per heavy atom. The largest absolute Gasteiger partial charge is 0.355 e. The van der Waals surface area contributed by atoms with Crippen molar-refractivity contribution in [2.75, 3.05) is 13.1 Å². The average Bonchev–Trinajstić information content (AvgIpc) is 2.93. The van der Waals surface area contributed by atoms with Gasteiger partial charge in [-0.3, -0.25) is 4.79 Å². The highest BCUT2D eigenvalue weighted by Crippen LogP contribution is 2.19. The van der Waals surface area contributed by atoms with Crippen LogP contribution < -0.4 is 10.0 Å². The highest BCUT2D eigenvalue weighted by Gasteiger charge is 2.17. The first-order chi connectivity index (χ1) is 10.9. The zero-order valence-corrected chi connectivity index (χ0v) is 14.9. The molecule has 0 aliphatic heterocycles. The average molecular weight is 373 g/mol. The Morgan fingerprint density at radius 2 is 2.04 bits per heavy atom. The zero-order valence-electron chi connectivity index (χ0n) is 12.5. The van der Waals surface area contributed by atoms with Crippen LogP contribution in [0.5, 0.6) is 0 Å². The van der Waals surface area contributed by atoms with Gasteiger partial charge in [-0.1, -0.05) is 23.7 Å². The Labute approximate surface area is 144 Å². The van der Waals surface area contributed by atoms with Crippen molar-refractivity contribution in [1.82, 2.24) is 10.0 Å². The van der Waals surface area contributed by atoms with Gasteiger partial charge < -0.3 is 5.32 Å². The fourth-order valence-corrected chi connectivity index (χ4v) is 4.41. The van der Waals surface area contributed by atoms with Gasteiger partial charge in [0.1, 0.15) is 4.21 Å². The van der Waals surface area contributed by atoms with Gasteiger partial charge in [-0.15, -0.1) is 11.3 Å². The van der Waals surface area contributed by atoms with E-state index in [0.717, 1.165) is 10.4 Å². The molecule has 2 aromatic rings. The predicted octanol–water partition coefficient (Wildman–Crippen LogP) is 2.35. The van der Waals surface area contributed by atoms with E-state index >= 15 is 0 Å². The Hall–Kier alpha value is -1.41. The second kappa shape index (κ2) is 7.92. The Balaban J connectivity index is 1.77. The fourth-order valence-electron chi connectivity index (χ4n) is 1.89. The molecule has 0 unspecified atom stereocenters. The molecule has 0 fully saturated rings. The number of hydrogen-bond acceptors (Lipinski definition) is 4. The van der Waals surface area contributed by atoms with Crippen molar-refractivity contribution in [3.8, 4) is 0 Å². The minimum Gasteiger partial charge on any atom is -0.355 e. The van der Waals surface area contributed by atoms with E-state index in [1.165, 1.54) is 17.4 Å². The maximum atomic E-state index is 12.0. The SMILES string of the molecule is Cc1ccc(S(=O)(=O)NCC(=O)NCCc2cccc(Cl)c2)s1. The van der Waals surface area contributed by atoms with Crippen LogP contribution in [0.3, 0.4) is 0 Å². The summed E-state index contributed by atoms with van der Waals surface area (Å²) in [5, 5.41) is 3.32. The molecule has 0 spiro atoms. The van der Waals surface area contributed by atoms with Gasteiger partial charge in [-0.2, -0.15) is 0 Å². The van der Waals surface area contributed by atoms with E-state index in [9.17, 15) is 13.2 Å². The summed E-state index contributed by atoms with van der Waals surface area (Å²) in [6.07, 6.45) is 0.628. The van der Waals surface area contributed by atoms with Crippen molar-refractivity contribution in [3.05, 3.63) is 51.9 Å². The Morgan fingerprint density at radius 1 is 1.26 bits per heavy atom. The molecule has 8 heteroatoms. The monoisotopic (exact) mass is 372 g/mol. The molecule has 0 saturated carbocycles. The Kier molecular flexibility index (Phi) is 6.17. The minimum absolute atomic E-state index is 0.210. The van der Waals surface area contributed by atoms with Gasteiger partial charge in [-0.25, -0.2) is 13.1 Å². The number of aryl methyl sites for hydroxylation is 1. The van der Waals surface area contributed by atoms with Gasteiger partial charge in [0.2, 0.25) is 5.91 Å². The minimum atomic E-state index is -3.63. The van der Waals surface area contributed by atoms with E-state index in [-0.39, 0.29) is 16.7 Å². The number of rotatable bonds is 7. The summed E-state index contributed by atoms with van der Waals surface area (Å²) in [6.45, 7) is 1.96. The number of carbonyl (C=O) groups excluding carboxylic acids is 1. The molecule has 2 N–H and O–H groups in total. The standard InChI is InChI=1S/C15H17ClN2O3S2/c1-11-5-6-15(22-11)23(20,21)18-10-14(19)17-8-7-12-3-2-4-13(16)9-12/h2-6,9,18H,7-8,10H2,1H3,(H,17,19). The maximum Gasteiger partial charge on any atom is 0.250 e. The second-order valence-electron chi connectivity index (χ2n) is 4.92. The molecule has 0 aliphatic carbocycles. The lowest BCUT2D eigenvalue weighted by Gasteiger charge is -2.07. The third-order valence-electron chi connectivity index (χ3n) is 3.03. The van der Waals surface area contributed by atoms with Gasteiger partial charge in [0.05, 0.1) is 6.54 Å². The van der Waals surface area contributed by atoms with Crippen LogP contribution >= 0.6 is 22.9 Å². The molecular weight excluding hydrogens is 356 g/mol. The van der Waals surface area contributed by atoms with Gasteiger partial charge in [0, 0.05) is 16.4 Å². The van der Waals surface area contributed by atoms with Gasteiger partial charge in [0.25, 0.3) is 10.0 Å². The van der Waals surface area contributed by atoms with Crippen LogP contribution in [0.1, 0.15) is 10.4 Å². The smallest absolute Gasteiger partial charge is 0.250 e. The van der Waals surface area contributed by atoms with Crippen molar-refractivity contribution >= 4 is 38.9 Å². The summed E-state index contributed by atoms with van der Waals surface area (Å²) < 4.78 is 26.5. The first kappa shape index (κ1) is 17.9. The molecule has 23 heavy (non-hydrogen) atoms. The molecule has 124 valence electrons. The molecule has 0 aliphatic rings. The number of halogens is 1. The van der Waals surface area contributed by atoms with E-state index < -0.39 is 10.0 Å². The van der Waals surface area contributed by atoms with Crippen LogP contribution in [-0.4, -0.2) is 27.4 Å². The lowest BCUT2D eigenvalue weighted by atomic mass is 10.1. The number of hydrogen-bond donors (Lipinski definition) is 2. The first-order valence-electron chi connectivity index (χ1n) is 6.94. The van der Waals surface area contributed by atoms with Crippen molar-refractivity contribution in [1.29, 1.82) is 0 Å². The summed E-state index contributed by atoms with van der Waals surface area (Å²) in [5.41, 5.74) is 1.01. The number of amides is 1. The molecule has 0 radical (unpaired) electrons. The molecular formula is C15H17ClN2O3S2. The number of benzene rings is 1. The van der Waals surface area contributed by atoms with E-state index in [0.29, 0.717) is 18.0 Å². The van der Waals surface area contributed by atoms with Crippen LogP contribution in [-0.2, 0) is 21.2 Å². The molecule has 1 aromatic heterocycles.